The second-order valence-electron chi connectivity index (χ2n) is 4.07. The Morgan fingerprint density at radius 1 is 1.15 bits per heavy atom. The van der Waals surface area contributed by atoms with Crippen LogP contribution in [0.3, 0.4) is 0 Å². The van der Waals surface area contributed by atoms with Crippen LogP contribution in [-0.2, 0) is 0 Å². The highest BCUT2D eigenvalue weighted by molar-refractivity contribution is 7.08. The van der Waals surface area contributed by atoms with Gasteiger partial charge in [-0.2, -0.15) is 28.9 Å². The van der Waals surface area contributed by atoms with E-state index in [4.69, 9.17) is 5.73 Å². The normalized spacial score (nSPS) is 13.5. The summed E-state index contributed by atoms with van der Waals surface area (Å²) in [6.45, 7) is 0. The molecule has 0 amide bonds. The zero-order valence-corrected chi connectivity index (χ0v) is 10.9. The molecule has 0 unspecified atom stereocenters. The Bertz CT molecular complexity index is 559. The summed E-state index contributed by atoms with van der Waals surface area (Å²) in [5.74, 6) is -0.349. The predicted octanol–water partition coefficient (Wildman–Crippen LogP) is 4.03. The molecule has 2 N–H and O–H groups in total. The average molecular weight is 305 g/mol. The SMILES string of the molecule is N[C@@H](c1ccsc1)c1cccc(OC(F)(F)C(F)F)c1. The molecule has 7 heteroatoms. The van der Waals surface area contributed by atoms with E-state index in [-0.39, 0.29) is 5.75 Å². The smallest absolute Gasteiger partial charge is 0.428 e. The van der Waals surface area contributed by atoms with E-state index >= 15 is 0 Å². The Balaban J connectivity index is 2.20. The molecule has 0 saturated carbocycles. The fourth-order valence-corrected chi connectivity index (χ4v) is 2.31. The van der Waals surface area contributed by atoms with E-state index < -0.39 is 18.6 Å². The summed E-state index contributed by atoms with van der Waals surface area (Å²) in [4.78, 5) is 0. The Labute approximate surface area is 116 Å². The van der Waals surface area contributed by atoms with Gasteiger partial charge in [-0.05, 0) is 40.1 Å². The standard InChI is InChI=1S/C13H11F4NOS/c14-12(15)13(16,17)19-10-3-1-2-8(6-10)11(18)9-4-5-20-7-9/h1-7,11-12H,18H2/t11-/m1/s1. The number of benzene rings is 1. The van der Waals surface area contributed by atoms with Gasteiger partial charge in [0.05, 0.1) is 6.04 Å². The van der Waals surface area contributed by atoms with E-state index in [1.807, 2.05) is 10.8 Å². The Morgan fingerprint density at radius 2 is 1.90 bits per heavy atom. The van der Waals surface area contributed by atoms with Crippen LogP contribution in [0.25, 0.3) is 0 Å². The fraction of sp³-hybridized carbons (Fsp3) is 0.231. The molecular weight excluding hydrogens is 294 g/mol. The number of ether oxygens (including phenoxy) is 1. The number of hydrogen-bond acceptors (Lipinski definition) is 3. The van der Waals surface area contributed by atoms with Crippen molar-refractivity contribution >= 4 is 11.3 Å². The number of hydrogen-bond donors (Lipinski definition) is 1. The van der Waals surface area contributed by atoms with E-state index in [1.165, 1.54) is 29.5 Å². The summed E-state index contributed by atoms with van der Waals surface area (Å²) < 4.78 is 53.9. The maximum Gasteiger partial charge on any atom is 0.461 e. The lowest BCUT2D eigenvalue weighted by atomic mass is 10.0. The summed E-state index contributed by atoms with van der Waals surface area (Å²) in [6.07, 6.45) is -8.41. The van der Waals surface area contributed by atoms with Gasteiger partial charge in [0.2, 0.25) is 0 Å². The third kappa shape index (κ3) is 3.29. The molecular formula is C13H11F4NOS. The van der Waals surface area contributed by atoms with Gasteiger partial charge in [-0.1, -0.05) is 12.1 Å². The summed E-state index contributed by atoms with van der Waals surface area (Å²) in [6, 6.07) is 6.74. The van der Waals surface area contributed by atoms with Crippen LogP contribution in [0, 0.1) is 0 Å². The molecule has 2 rings (SSSR count). The van der Waals surface area contributed by atoms with Crippen LogP contribution in [0.15, 0.2) is 41.1 Å². The molecule has 1 aromatic heterocycles. The largest absolute Gasteiger partial charge is 0.461 e. The number of nitrogens with two attached hydrogens (primary N) is 1. The summed E-state index contributed by atoms with van der Waals surface area (Å²) in [5.41, 5.74) is 7.29. The fourth-order valence-electron chi connectivity index (χ4n) is 1.62. The summed E-state index contributed by atoms with van der Waals surface area (Å²) in [7, 11) is 0. The second-order valence-corrected chi connectivity index (χ2v) is 4.85. The zero-order valence-electron chi connectivity index (χ0n) is 10.1. The molecule has 2 nitrogen and oxygen atoms in total. The first-order valence-corrected chi connectivity index (χ1v) is 6.57. The van der Waals surface area contributed by atoms with Crippen molar-refractivity contribution in [2.75, 3.05) is 0 Å². The molecule has 0 spiro atoms. The second kappa shape index (κ2) is 5.80. The van der Waals surface area contributed by atoms with Crippen molar-refractivity contribution in [1.29, 1.82) is 0 Å². The number of rotatable bonds is 5. The van der Waals surface area contributed by atoms with Crippen molar-refractivity contribution in [3.8, 4) is 5.75 Å². The lowest BCUT2D eigenvalue weighted by Gasteiger charge is -2.18. The van der Waals surface area contributed by atoms with Crippen LogP contribution >= 0.6 is 11.3 Å². The molecule has 0 aliphatic rings. The van der Waals surface area contributed by atoms with Crippen LogP contribution in [0.2, 0.25) is 0 Å². The van der Waals surface area contributed by atoms with Crippen LogP contribution in [0.4, 0.5) is 17.6 Å². The van der Waals surface area contributed by atoms with Crippen molar-refractivity contribution in [1.82, 2.24) is 0 Å². The molecule has 0 radical (unpaired) electrons. The first-order valence-electron chi connectivity index (χ1n) is 5.63. The molecule has 0 fully saturated rings. The third-order valence-electron chi connectivity index (χ3n) is 2.63. The van der Waals surface area contributed by atoms with Crippen molar-refractivity contribution in [2.24, 2.45) is 5.73 Å². The minimum atomic E-state index is -4.52. The van der Waals surface area contributed by atoms with Gasteiger partial charge in [0.15, 0.2) is 0 Å². The van der Waals surface area contributed by atoms with Crippen LogP contribution in [0.5, 0.6) is 5.75 Å². The van der Waals surface area contributed by atoms with Gasteiger partial charge >= 0.3 is 12.5 Å². The van der Waals surface area contributed by atoms with Gasteiger partial charge in [-0.25, -0.2) is 0 Å². The zero-order chi connectivity index (χ0) is 14.8. The van der Waals surface area contributed by atoms with Crippen molar-refractivity contribution in [3.05, 3.63) is 52.2 Å². The lowest BCUT2D eigenvalue weighted by molar-refractivity contribution is -0.253. The van der Waals surface area contributed by atoms with E-state index in [9.17, 15) is 17.6 Å². The van der Waals surface area contributed by atoms with Gasteiger partial charge in [-0.15, -0.1) is 0 Å². The molecule has 0 aliphatic carbocycles. The van der Waals surface area contributed by atoms with E-state index in [0.717, 1.165) is 5.56 Å². The number of halogens is 4. The Kier molecular flexibility index (Phi) is 4.29. The van der Waals surface area contributed by atoms with Crippen LogP contribution < -0.4 is 10.5 Å². The predicted molar refractivity (Wildman–Crippen MR) is 68.4 cm³/mol. The first kappa shape index (κ1) is 14.8. The van der Waals surface area contributed by atoms with Gasteiger partial charge in [-0.3, -0.25) is 0 Å². The van der Waals surface area contributed by atoms with Gasteiger partial charge in [0.25, 0.3) is 0 Å². The molecule has 0 bridgehead atoms. The molecule has 0 aliphatic heterocycles. The minimum Gasteiger partial charge on any atom is -0.428 e. The Morgan fingerprint density at radius 3 is 2.50 bits per heavy atom. The molecule has 108 valence electrons. The van der Waals surface area contributed by atoms with Crippen LogP contribution in [-0.4, -0.2) is 12.5 Å². The van der Waals surface area contributed by atoms with E-state index in [2.05, 4.69) is 4.74 Å². The van der Waals surface area contributed by atoms with Gasteiger partial charge in [0, 0.05) is 0 Å². The number of thiophene rings is 1. The molecule has 20 heavy (non-hydrogen) atoms. The third-order valence-corrected chi connectivity index (χ3v) is 3.33. The van der Waals surface area contributed by atoms with E-state index in [0.29, 0.717) is 5.56 Å². The molecule has 2 aromatic rings. The monoisotopic (exact) mass is 305 g/mol. The van der Waals surface area contributed by atoms with Gasteiger partial charge < -0.3 is 10.5 Å². The quantitative estimate of drug-likeness (QED) is 0.846. The maximum atomic E-state index is 12.8. The highest BCUT2D eigenvalue weighted by Crippen LogP contribution is 2.30. The van der Waals surface area contributed by atoms with E-state index in [1.54, 1.807) is 12.1 Å². The Hall–Kier alpha value is -1.60. The highest BCUT2D eigenvalue weighted by Gasteiger charge is 2.44. The average Bonchev–Trinajstić information content (AvgIpc) is 2.91. The van der Waals surface area contributed by atoms with Crippen molar-refractivity contribution in [3.63, 3.8) is 0 Å². The molecule has 1 heterocycles. The minimum absolute atomic E-state index is 0.349. The number of alkyl halides is 4. The lowest BCUT2D eigenvalue weighted by Crippen LogP contribution is -2.33. The summed E-state index contributed by atoms with van der Waals surface area (Å²) >= 11 is 1.45. The van der Waals surface area contributed by atoms with Crippen molar-refractivity contribution in [2.45, 2.75) is 18.6 Å². The molecule has 1 aromatic carbocycles. The molecule has 0 saturated heterocycles. The van der Waals surface area contributed by atoms with Crippen molar-refractivity contribution < 1.29 is 22.3 Å². The van der Waals surface area contributed by atoms with Crippen LogP contribution in [0.1, 0.15) is 17.2 Å². The highest BCUT2D eigenvalue weighted by atomic mass is 32.1. The molecule has 1 atom stereocenters. The topological polar surface area (TPSA) is 35.2 Å². The van der Waals surface area contributed by atoms with Gasteiger partial charge in [0.1, 0.15) is 5.75 Å². The first-order chi connectivity index (χ1) is 9.40. The maximum absolute atomic E-state index is 12.8. The summed E-state index contributed by atoms with van der Waals surface area (Å²) in [5, 5.41) is 3.66.